The topological polar surface area (TPSA) is 50.8 Å². The van der Waals surface area contributed by atoms with Crippen molar-refractivity contribution in [2.75, 3.05) is 53.6 Å². The first-order valence-corrected chi connectivity index (χ1v) is 5.27. The fourth-order valence-corrected chi connectivity index (χ4v) is 1.46. The maximum Gasteiger partial charge on any atom is 0.228 e. The first kappa shape index (κ1) is 12.4. The van der Waals surface area contributed by atoms with Gasteiger partial charge in [-0.25, -0.2) is 0 Å². The van der Waals surface area contributed by atoms with Crippen LogP contribution in [0.1, 0.15) is 0 Å². The van der Waals surface area contributed by atoms with Crippen LogP contribution in [0.15, 0.2) is 0 Å². The summed E-state index contributed by atoms with van der Waals surface area (Å²) in [4.78, 5) is 13.7. The predicted octanol–water partition coefficient (Wildman–Crippen LogP) is -0.673. The molecular formula is C10H20N2O3. The van der Waals surface area contributed by atoms with Crippen molar-refractivity contribution in [1.82, 2.24) is 10.2 Å². The van der Waals surface area contributed by atoms with E-state index in [1.165, 1.54) is 0 Å². The highest BCUT2D eigenvalue weighted by molar-refractivity contribution is 5.80. The van der Waals surface area contributed by atoms with Gasteiger partial charge in [-0.2, -0.15) is 0 Å². The Labute approximate surface area is 90.7 Å². The van der Waals surface area contributed by atoms with Crippen molar-refractivity contribution in [3.05, 3.63) is 0 Å². The van der Waals surface area contributed by atoms with E-state index in [0.717, 1.165) is 13.1 Å². The van der Waals surface area contributed by atoms with E-state index in [0.29, 0.717) is 26.3 Å². The molecule has 0 unspecified atom stereocenters. The molecule has 0 atom stereocenters. The quantitative estimate of drug-likeness (QED) is 0.613. The number of nitrogens with zero attached hydrogens (tertiary/aromatic N) is 1. The van der Waals surface area contributed by atoms with Crippen LogP contribution in [0.3, 0.4) is 0 Å². The van der Waals surface area contributed by atoms with Crippen molar-refractivity contribution in [3.63, 3.8) is 0 Å². The van der Waals surface area contributed by atoms with Gasteiger partial charge in [0.05, 0.1) is 19.1 Å². The summed E-state index contributed by atoms with van der Waals surface area (Å²) in [6.07, 6.45) is 0. The molecule has 1 N–H and O–H groups in total. The van der Waals surface area contributed by atoms with E-state index >= 15 is 0 Å². The molecule has 0 aliphatic carbocycles. The van der Waals surface area contributed by atoms with Crippen LogP contribution in [0.4, 0.5) is 0 Å². The first-order chi connectivity index (χ1) is 7.29. The zero-order valence-electron chi connectivity index (χ0n) is 9.49. The molecule has 1 heterocycles. The van der Waals surface area contributed by atoms with Crippen LogP contribution in [0.5, 0.6) is 0 Å². The molecule has 0 spiro atoms. The fourth-order valence-electron chi connectivity index (χ4n) is 1.46. The SMILES string of the molecule is COCCN(CCOC)C(=O)C1CNC1. The standard InChI is InChI=1S/C10H20N2O3/c1-14-5-3-12(4-6-15-2)10(13)9-7-11-8-9/h9,11H,3-8H2,1-2H3. The van der Waals surface area contributed by atoms with Crippen molar-refractivity contribution in [2.45, 2.75) is 0 Å². The van der Waals surface area contributed by atoms with Crippen LogP contribution in [-0.4, -0.2) is 64.4 Å². The van der Waals surface area contributed by atoms with Crippen molar-refractivity contribution in [2.24, 2.45) is 5.92 Å². The van der Waals surface area contributed by atoms with Gasteiger partial charge in [0, 0.05) is 40.4 Å². The number of carbonyl (C=O) groups is 1. The lowest BCUT2D eigenvalue weighted by molar-refractivity contribution is -0.138. The van der Waals surface area contributed by atoms with E-state index < -0.39 is 0 Å². The fraction of sp³-hybridized carbons (Fsp3) is 0.900. The third-order valence-electron chi connectivity index (χ3n) is 2.57. The predicted molar refractivity (Wildman–Crippen MR) is 56.7 cm³/mol. The van der Waals surface area contributed by atoms with E-state index in [2.05, 4.69) is 5.32 Å². The number of rotatable bonds is 7. The van der Waals surface area contributed by atoms with Crippen LogP contribution in [0.2, 0.25) is 0 Å². The summed E-state index contributed by atoms with van der Waals surface area (Å²) in [6, 6.07) is 0. The number of hydrogen-bond donors (Lipinski definition) is 1. The van der Waals surface area contributed by atoms with E-state index in [1.54, 1.807) is 14.2 Å². The first-order valence-electron chi connectivity index (χ1n) is 5.27. The molecule has 1 fully saturated rings. The van der Waals surface area contributed by atoms with Gasteiger partial charge in [-0.1, -0.05) is 0 Å². The number of methoxy groups -OCH3 is 2. The molecule has 1 aliphatic heterocycles. The molecule has 0 aromatic rings. The maximum atomic E-state index is 11.9. The molecule has 0 bridgehead atoms. The lowest BCUT2D eigenvalue weighted by Crippen LogP contribution is -2.53. The van der Waals surface area contributed by atoms with Gasteiger partial charge in [0.1, 0.15) is 0 Å². The van der Waals surface area contributed by atoms with E-state index in [9.17, 15) is 4.79 Å². The minimum absolute atomic E-state index is 0.152. The molecule has 5 nitrogen and oxygen atoms in total. The van der Waals surface area contributed by atoms with Gasteiger partial charge in [0.15, 0.2) is 0 Å². The zero-order chi connectivity index (χ0) is 11.1. The van der Waals surface area contributed by atoms with Crippen LogP contribution in [0, 0.1) is 5.92 Å². The largest absolute Gasteiger partial charge is 0.383 e. The average Bonchev–Trinajstić information content (AvgIpc) is 2.15. The number of carbonyl (C=O) groups excluding carboxylic acids is 1. The van der Waals surface area contributed by atoms with Crippen molar-refractivity contribution in [1.29, 1.82) is 0 Å². The molecule has 0 saturated carbocycles. The van der Waals surface area contributed by atoms with Crippen molar-refractivity contribution in [3.8, 4) is 0 Å². The number of nitrogens with one attached hydrogen (secondary N) is 1. The monoisotopic (exact) mass is 216 g/mol. The highest BCUT2D eigenvalue weighted by Gasteiger charge is 2.28. The van der Waals surface area contributed by atoms with Crippen LogP contribution in [0.25, 0.3) is 0 Å². The van der Waals surface area contributed by atoms with E-state index in [-0.39, 0.29) is 11.8 Å². The molecule has 0 radical (unpaired) electrons. The number of amides is 1. The van der Waals surface area contributed by atoms with Crippen LogP contribution < -0.4 is 5.32 Å². The van der Waals surface area contributed by atoms with Gasteiger partial charge >= 0.3 is 0 Å². The summed E-state index contributed by atoms with van der Waals surface area (Å²) in [6.45, 7) is 4.06. The van der Waals surface area contributed by atoms with Gasteiger partial charge < -0.3 is 19.7 Å². The summed E-state index contributed by atoms with van der Waals surface area (Å²) in [5.74, 6) is 0.363. The van der Waals surface area contributed by atoms with Crippen LogP contribution in [-0.2, 0) is 14.3 Å². The molecule has 0 aromatic carbocycles. The second kappa shape index (κ2) is 6.76. The third kappa shape index (κ3) is 3.77. The zero-order valence-corrected chi connectivity index (χ0v) is 9.49. The Morgan fingerprint density at radius 1 is 1.27 bits per heavy atom. The highest BCUT2D eigenvalue weighted by atomic mass is 16.5. The van der Waals surface area contributed by atoms with Gasteiger partial charge in [0.2, 0.25) is 5.91 Å². The molecule has 0 aromatic heterocycles. The summed E-state index contributed by atoms with van der Waals surface area (Å²) < 4.78 is 9.97. The Hall–Kier alpha value is -0.650. The Balaban J connectivity index is 2.34. The average molecular weight is 216 g/mol. The Morgan fingerprint density at radius 3 is 2.13 bits per heavy atom. The molecule has 1 rings (SSSR count). The van der Waals surface area contributed by atoms with Crippen molar-refractivity contribution < 1.29 is 14.3 Å². The second-order valence-electron chi connectivity index (χ2n) is 3.67. The Morgan fingerprint density at radius 2 is 1.80 bits per heavy atom. The molecule has 1 saturated heterocycles. The summed E-state index contributed by atoms with van der Waals surface area (Å²) in [5, 5.41) is 3.10. The van der Waals surface area contributed by atoms with Gasteiger partial charge in [-0.15, -0.1) is 0 Å². The number of ether oxygens (including phenoxy) is 2. The molecule has 1 amide bonds. The Bertz CT molecular complexity index is 187. The lowest BCUT2D eigenvalue weighted by Gasteiger charge is -2.32. The Kier molecular flexibility index (Phi) is 5.60. The summed E-state index contributed by atoms with van der Waals surface area (Å²) >= 11 is 0. The molecule has 5 heteroatoms. The minimum Gasteiger partial charge on any atom is -0.383 e. The molecular weight excluding hydrogens is 196 g/mol. The van der Waals surface area contributed by atoms with Crippen molar-refractivity contribution >= 4 is 5.91 Å². The molecule has 15 heavy (non-hydrogen) atoms. The summed E-state index contributed by atoms with van der Waals surface area (Å²) in [7, 11) is 3.29. The smallest absolute Gasteiger partial charge is 0.228 e. The van der Waals surface area contributed by atoms with Gasteiger partial charge in [-0.3, -0.25) is 4.79 Å². The maximum absolute atomic E-state index is 11.9. The highest BCUT2D eigenvalue weighted by Crippen LogP contribution is 2.08. The second-order valence-corrected chi connectivity index (χ2v) is 3.67. The lowest BCUT2D eigenvalue weighted by atomic mass is 10.0. The normalized spacial score (nSPS) is 16.1. The minimum atomic E-state index is 0.152. The van der Waals surface area contributed by atoms with Crippen LogP contribution >= 0.6 is 0 Å². The van der Waals surface area contributed by atoms with E-state index in [4.69, 9.17) is 9.47 Å². The molecule has 88 valence electrons. The summed E-state index contributed by atoms with van der Waals surface area (Å²) in [5.41, 5.74) is 0. The van der Waals surface area contributed by atoms with E-state index in [1.807, 2.05) is 4.90 Å². The van der Waals surface area contributed by atoms with Gasteiger partial charge in [0.25, 0.3) is 0 Å². The number of hydrogen-bond acceptors (Lipinski definition) is 4. The molecule has 1 aliphatic rings. The third-order valence-corrected chi connectivity index (χ3v) is 2.57. The van der Waals surface area contributed by atoms with Gasteiger partial charge in [-0.05, 0) is 0 Å².